The van der Waals surface area contributed by atoms with Crippen LogP contribution in [0.15, 0.2) is 6.20 Å². The molecular formula is C10H14FN5O. The Kier molecular flexibility index (Phi) is 3.08. The Hall–Kier alpha value is -1.92. The Labute approximate surface area is 98.0 Å². The van der Waals surface area contributed by atoms with E-state index in [4.69, 9.17) is 5.73 Å². The Morgan fingerprint density at radius 3 is 3.12 bits per heavy atom. The van der Waals surface area contributed by atoms with Gasteiger partial charge in [-0.15, -0.1) is 0 Å². The van der Waals surface area contributed by atoms with Crippen LogP contribution in [0.25, 0.3) is 0 Å². The number of hydrogen-bond acceptors (Lipinski definition) is 5. The summed E-state index contributed by atoms with van der Waals surface area (Å²) in [5, 5.41) is 2.94. The molecular weight excluding hydrogens is 225 g/mol. The van der Waals surface area contributed by atoms with E-state index in [1.54, 1.807) is 11.9 Å². The zero-order valence-corrected chi connectivity index (χ0v) is 9.48. The zero-order chi connectivity index (χ0) is 12.4. The van der Waals surface area contributed by atoms with Crippen molar-refractivity contribution in [2.24, 2.45) is 0 Å². The van der Waals surface area contributed by atoms with E-state index in [1.165, 1.54) is 0 Å². The van der Waals surface area contributed by atoms with Crippen molar-refractivity contribution in [3.05, 3.63) is 12.0 Å². The lowest BCUT2D eigenvalue weighted by molar-refractivity contribution is -0.132. The number of rotatable bonds is 2. The van der Waals surface area contributed by atoms with Gasteiger partial charge in [0, 0.05) is 26.1 Å². The molecule has 1 unspecified atom stereocenters. The second-order valence-corrected chi connectivity index (χ2v) is 4.08. The molecule has 1 aliphatic rings. The molecule has 2 rings (SSSR count). The molecule has 1 aliphatic heterocycles. The standard InChI is InChI=1S/C10H14FN5O/c1-16-5-6(2-3-8(16)17)14-9-7(11)4-13-10(12)15-9/h4,6H,2-3,5H2,1H3,(H3,12,13,14,15). The smallest absolute Gasteiger partial charge is 0.222 e. The number of piperidine rings is 1. The predicted octanol–water partition coefficient (Wildman–Crippen LogP) is 0.231. The zero-order valence-electron chi connectivity index (χ0n) is 9.48. The molecule has 6 nitrogen and oxygen atoms in total. The largest absolute Gasteiger partial charge is 0.368 e. The Bertz CT molecular complexity index is 439. The molecule has 17 heavy (non-hydrogen) atoms. The molecule has 2 heterocycles. The molecule has 0 aromatic carbocycles. The number of nitrogens with two attached hydrogens (primary N) is 1. The molecule has 1 aromatic heterocycles. The van der Waals surface area contributed by atoms with Gasteiger partial charge in [-0.25, -0.2) is 9.37 Å². The fraction of sp³-hybridized carbons (Fsp3) is 0.500. The minimum atomic E-state index is -0.543. The second-order valence-electron chi connectivity index (χ2n) is 4.08. The Morgan fingerprint density at radius 1 is 1.65 bits per heavy atom. The fourth-order valence-electron chi connectivity index (χ4n) is 1.81. The molecule has 1 aromatic rings. The van der Waals surface area contributed by atoms with Crippen LogP contribution in [0.2, 0.25) is 0 Å². The van der Waals surface area contributed by atoms with Crippen molar-refractivity contribution in [1.29, 1.82) is 0 Å². The van der Waals surface area contributed by atoms with Crippen LogP contribution in [0.5, 0.6) is 0 Å². The molecule has 1 saturated heterocycles. The van der Waals surface area contributed by atoms with Crippen molar-refractivity contribution < 1.29 is 9.18 Å². The van der Waals surface area contributed by atoms with E-state index in [-0.39, 0.29) is 23.7 Å². The molecule has 0 bridgehead atoms. The van der Waals surface area contributed by atoms with Crippen LogP contribution >= 0.6 is 0 Å². The number of nitrogens with one attached hydrogen (secondary N) is 1. The fourth-order valence-corrected chi connectivity index (χ4v) is 1.81. The van der Waals surface area contributed by atoms with Crippen LogP contribution in [0, 0.1) is 5.82 Å². The molecule has 0 aliphatic carbocycles. The lowest BCUT2D eigenvalue weighted by Gasteiger charge is -2.30. The lowest BCUT2D eigenvalue weighted by Crippen LogP contribution is -2.43. The monoisotopic (exact) mass is 239 g/mol. The number of carbonyl (C=O) groups is 1. The van der Waals surface area contributed by atoms with Gasteiger partial charge in [-0.2, -0.15) is 4.98 Å². The van der Waals surface area contributed by atoms with E-state index in [2.05, 4.69) is 15.3 Å². The van der Waals surface area contributed by atoms with E-state index >= 15 is 0 Å². The minimum absolute atomic E-state index is 0.0125. The summed E-state index contributed by atoms with van der Waals surface area (Å²) in [4.78, 5) is 20.2. The van der Waals surface area contributed by atoms with Crippen molar-refractivity contribution in [3.8, 4) is 0 Å². The highest BCUT2D eigenvalue weighted by molar-refractivity contribution is 5.77. The van der Waals surface area contributed by atoms with Crippen LogP contribution < -0.4 is 11.1 Å². The molecule has 1 atom stereocenters. The predicted molar refractivity (Wildman–Crippen MR) is 60.7 cm³/mol. The SMILES string of the molecule is CN1CC(Nc2nc(N)ncc2F)CCC1=O. The maximum atomic E-state index is 13.4. The van der Waals surface area contributed by atoms with Gasteiger partial charge >= 0.3 is 0 Å². The van der Waals surface area contributed by atoms with Crippen LogP contribution in [0.1, 0.15) is 12.8 Å². The number of nitrogens with zero attached hydrogens (tertiary/aromatic N) is 3. The number of likely N-dealkylation sites (N-methyl/N-ethyl adjacent to an activating group) is 1. The van der Waals surface area contributed by atoms with Crippen molar-refractivity contribution in [2.75, 3.05) is 24.6 Å². The van der Waals surface area contributed by atoms with Gasteiger partial charge in [0.25, 0.3) is 0 Å². The third kappa shape index (κ3) is 2.61. The first-order valence-corrected chi connectivity index (χ1v) is 5.35. The molecule has 1 fully saturated rings. The Morgan fingerprint density at radius 2 is 2.41 bits per heavy atom. The minimum Gasteiger partial charge on any atom is -0.368 e. The number of likely N-dealkylation sites (tertiary alicyclic amines) is 1. The number of carbonyl (C=O) groups excluding carboxylic acids is 1. The summed E-state index contributed by atoms with van der Waals surface area (Å²) in [5.41, 5.74) is 5.39. The van der Waals surface area contributed by atoms with Crippen molar-refractivity contribution in [1.82, 2.24) is 14.9 Å². The van der Waals surface area contributed by atoms with Crippen LogP contribution in [-0.2, 0) is 4.79 Å². The number of hydrogen-bond donors (Lipinski definition) is 2. The summed E-state index contributed by atoms with van der Waals surface area (Å²) in [7, 11) is 1.72. The molecule has 7 heteroatoms. The van der Waals surface area contributed by atoms with Gasteiger partial charge in [-0.3, -0.25) is 4.79 Å². The third-order valence-corrected chi connectivity index (χ3v) is 2.73. The summed E-state index contributed by atoms with van der Waals surface area (Å²) in [6.45, 7) is 0.530. The molecule has 0 saturated carbocycles. The number of amides is 1. The van der Waals surface area contributed by atoms with Gasteiger partial charge in [0.1, 0.15) is 0 Å². The molecule has 3 N–H and O–H groups in total. The van der Waals surface area contributed by atoms with Crippen molar-refractivity contribution in [3.63, 3.8) is 0 Å². The van der Waals surface area contributed by atoms with Gasteiger partial charge < -0.3 is 16.0 Å². The van der Waals surface area contributed by atoms with Crippen molar-refractivity contribution in [2.45, 2.75) is 18.9 Å². The van der Waals surface area contributed by atoms with E-state index in [0.29, 0.717) is 19.4 Å². The van der Waals surface area contributed by atoms with Gasteiger partial charge in [-0.05, 0) is 6.42 Å². The first kappa shape index (κ1) is 11.6. The van der Waals surface area contributed by atoms with Gasteiger partial charge in [-0.1, -0.05) is 0 Å². The average molecular weight is 239 g/mol. The first-order chi connectivity index (χ1) is 8.06. The van der Waals surface area contributed by atoms with Crippen LogP contribution in [0.3, 0.4) is 0 Å². The lowest BCUT2D eigenvalue weighted by atomic mass is 10.1. The normalized spacial score (nSPS) is 20.5. The van der Waals surface area contributed by atoms with Crippen LogP contribution in [-0.4, -0.2) is 40.4 Å². The Balaban J connectivity index is 2.06. The molecule has 1 amide bonds. The molecule has 92 valence electrons. The van der Waals surface area contributed by atoms with E-state index in [9.17, 15) is 9.18 Å². The highest BCUT2D eigenvalue weighted by Gasteiger charge is 2.23. The maximum Gasteiger partial charge on any atom is 0.222 e. The number of halogens is 1. The van der Waals surface area contributed by atoms with Crippen molar-refractivity contribution >= 4 is 17.7 Å². The van der Waals surface area contributed by atoms with Gasteiger partial charge in [0.05, 0.1) is 6.20 Å². The third-order valence-electron chi connectivity index (χ3n) is 2.73. The van der Waals surface area contributed by atoms with Gasteiger partial charge in [0.15, 0.2) is 11.6 Å². The van der Waals surface area contributed by atoms with E-state index in [0.717, 1.165) is 6.20 Å². The van der Waals surface area contributed by atoms with Crippen LogP contribution in [0.4, 0.5) is 16.2 Å². The summed E-state index contributed by atoms with van der Waals surface area (Å²) >= 11 is 0. The quantitative estimate of drug-likeness (QED) is 0.771. The number of aromatic nitrogens is 2. The topological polar surface area (TPSA) is 84.1 Å². The van der Waals surface area contributed by atoms with E-state index < -0.39 is 5.82 Å². The maximum absolute atomic E-state index is 13.4. The summed E-state index contributed by atoms with van der Waals surface area (Å²) in [6.07, 6.45) is 2.14. The summed E-state index contributed by atoms with van der Waals surface area (Å²) in [6, 6.07) is -0.0125. The molecule has 0 spiro atoms. The van der Waals surface area contributed by atoms with Gasteiger partial charge in [0.2, 0.25) is 11.9 Å². The number of anilines is 2. The second kappa shape index (κ2) is 4.52. The first-order valence-electron chi connectivity index (χ1n) is 5.35. The highest BCUT2D eigenvalue weighted by atomic mass is 19.1. The van der Waals surface area contributed by atoms with E-state index in [1.807, 2.05) is 0 Å². The summed E-state index contributed by atoms with van der Waals surface area (Å²) < 4.78 is 13.4. The number of nitrogen functional groups attached to an aromatic ring is 1. The summed E-state index contributed by atoms with van der Waals surface area (Å²) in [5.74, 6) is -0.330. The highest BCUT2D eigenvalue weighted by Crippen LogP contribution is 2.17. The average Bonchev–Trinajstić information content (AvgIpc) is 2.29. The molecule has 0 radical (unpaired) electrons.